The second-order valence-corrected chi connectivity index (χ2v) is 12.1. The molecule has 0 bridgehead atoms. The Morgan fingerprint density at radius 1 is 1.11 bits per heavy atom. The summed E-state index contributed by atoms with van der Waals surface area (Å²) in [4.78, 5) is 27.2. The molecular weight excluding hydrogens is 460 g/mol. The van der Waals surface area contributed by atoms with Crippen LogP contribution >= 0.6 is 11.6 Å². The number of hydrogen-bond acceptors (Lipinski definition) is 4. The summed E-state index contributed by atoms with van der Waals surface area (Å²) in [5, 5.41) is 0. The number of ether oxygens (including phenoxy) is 2. The number of halogens is 1. The van der Waals surface area contributed by atoms with E-state index >= 15 is 0 Å². The third-order valence-electron chi connectivity index (χ3n) is 9.83. The number of carbonyl (C=O) groups excluding carboxylic acids is 2. The molecule has 5 atom stereocenters. The van der Waals surface area contributed by atoms with Crippen molar-refractivity contribution in [3.63, 3.8) is 0 Å². The third kappa shape index (κ3) is 5.00. The Balaban J connectivity index is 1.46. The zero-order valence-corrected chi connectivity index (χ0v) is 22.7. The molecule has 4 aliphatic rings. The van der Waals surface area contributed by atoms with Gasteiger partial charge < -0.3 is 9.47 Å². The van der Waals surface area contributed by atoms with Gasteiger partial charge in [0.1, 0.15) is 5.78 Å². The number of rotatable bonds is 8. The Hall–Kier alpha value is -1.23. The number of Topliss-reactive ketones (excluding diaryl/α,β-unsaturated/α-hetero) is 2. The summed E-state index contributed by atoms with van der Waals surface area (Å²) in [6.45, 7) is 16.4. The van der Waals surface area contributed by atoms with Gasteiger partial charge in [-0.05, 0) is 83.0 Å². The number of hydrogen-bond donors (Lipinski definition) is 0. The average molecular weight is 503 g/mol. The van der Waals surface area contributed by atoms with Gasteiger partial charge >= 0.3 is 0 Å². The molecule has 0 N–H and O–H groups in total. The molecule has 35 heavy (non-hydrogen) atoms. The second kappa shape index (κ2) is 10.6. The van der Waals surface area contributed by atoms with Crippen molar-refractivity contribution in [2.75, 3.05) is 19.1 Å². The summed E-state index contributed by atoms with van der Waals surface area (Å²) in [6.07, 6.45) is 8.11. The smallest absolute Gasteiger partial charge is 0.162 e. The number of allylic oxidation sites excluding steroid dienone is 4. The van der Waals surface area contributed by atoms with Crippen LogP contribution in [0.3, 0.4) is 0 Å². The molecule has 5 heteroatoms. The zero-order chi connectivity index (χ0) is 25.4. The molecule has 3 fully saturated rings. The largest absolute Gasteiger partial charge is 0.353 e. The molecule has 0 radical (unpaired) electrons. The Morgan fingerprint density at radius 3 is 2.46 bits per heavy atom. The maximum absolute atomic E-state index is 13.7. The molecule has 5 unspecified atom stereocenters. The number of carbonyl (C=O) groups is 2. The monoisotopic (exact) mass is 502 g/mol. The molecule has 2 saturated carbocycles. The number of ketones is 2. The van der Waals surface area contributed by atoms with E-state index < -0.39 is 0 Å². The zero-order valence-electron chi connectivity index (χ0n) is 21.9. The van der Waals surface area contributed by atoms with Crippen LogP contribution in [0.25, 0.3) is 0 Å². The predicted octanol–water partition coefficient (Wildman–Crippen LogP) is 6.97. The van der Waals surface area contributed by atoms with E-state index in [0.717, 1.165) is 81.3 Å². The fourth-order valence-electron chi connectivity index (χ4n) is 7.26. The van der Waals surface area contributed by atoms with Crippen LogP contribution in [0, 0.1) is 28.6 Å². The second-order valence-electron chi connectivity index (χ2n) is 11.8. The highest BCUT2D eigenvalue weighted by Crippen LogP contribution is 2.58. The predicted molar refractivity (Wildman–Crippen MR) is 140 cm³/mol. The lowest BCUT2D eigenvalue weighted by Crippen LogP contribution is -2.37. The van der Waals surface area contributed by atoms with Crippen LogP contribution in [-0.4, -0.2) is 37.0 Å². The standard InChI is InChI=1S/C30H43ClO4/c1-19(2)29(11-9-26-34-13-6-14-35-26)10-8-23(25(32)17-29)15-24-16-30(21(4)18-31)12-7-20(3)22(5)27(30)28(24)33/h20,23-24,26H,1,4,6-18H2,2-3,5H3. The fraction of sp³-hybridized carbons (Fsp3) is 0.733. The SMILES string of the molecule is C=C(C)C1(CCC2OCCCO2)CCC(CC2CC3(C(=C)CCl)CCC(C)C(C)=C3C2=O)C(=O)C1. The van der Waals surface area contributed by atoms with Gasteiger partial charge in [-0.3, -0.25) is 9.59 Å². The van der Waals surface area contributed by atoms with E-state index in [1.54, 1.807) is 0 Å². The van der Waals surface area contributed by atoms with Crippen LogP contribution in [0.1, 0.15) is 85.0 Å². The highest BCUT2D eigenvalue weighted by Gasteiger charge is 2.54. The van der Waals surface area contributed by atoms with Crippen LogP contribution in [0.4, 0.5) is 0 Å². The van der Waals surface area contributed by atoms with E-state index in [2.05, 4.69) is 33.9 Å². The Kier molecular flexibility index (Phi) is 8.15. The fourth-order valence-corrected chi connectivity index (χ4v) is 7.51. The van der Waals surface area contributed by atoms with E-state index in [9.17, 15) is 9.59 Å². The van der Waals surface area contributed by atoms with Crippen molar-refractivity contribution in [1.82, 2.24) is 0 Å². The van der Waals surface area contributed by atoms with E-state index in [1.165, 1.54) is 5.57 Å². The maximum Gasteiger partial charge on any atom is 0.162 e. The average Bonchev–Trinajstić information content (AvgIpc) is 3.14. The lowest BCUT2D eigenvalue weighted by molar-refractivity contribution is -0.184. The molecule has 4 rings (SSSR count). The molecule has 0 aromatic heterocycles. The minimum Gasteiger partial charge on any atom is -0.353 e. The lowest BCUT2D eigenvalue weighted by Gasteiger charge is -2.41. The van der Waals surface area contributed by atoms with Gasteiger partial charge in [0, 0.05) is 35.1 Å². The summed E-state index contributed by atoms with van der Waals surface area (Å²) in [7, 11) is 0. The van der Waals surface area contributed by atoms with Gasteiger partial charge in [0.25, 0.3) is 0 Å². The highest BCUT2D eigenvalue weighted by molar-refractivity contribution is 6.19. The summed E-state index contributed by atoms with van der Waals surface area (Å²) < 4.78 is 11.5. The van der Waals surface area contributed by atoms with Crippen molar-refractivity contribution in [3.8, 4) is 0 Å². The molecule has 0 aromatic carbocycles. The Labute approximate surface area is 216 Å². The van der Waals surface area contributed by atoms with Crippen LogP contribution in [-0.2, 0) is 19.1 Å². The van der Waals surface area contributed by atoms with Crippen molar-refractivity contribution in [2.45, 2.75) is 91.3 Å². The molecule has 1 saturated heterocycles. The molecule has 4 nitrogen and oxygen atoms in total. The van der Waals surface area contributed by atoms with Crippen LogP contribution in [0.15, 0.2) is 35.5 Å². The topological polar surface area (TPSA) is 52.6 Å². The first kappa shape index (κ1) is 26.8. The van der Waals surface area contributed by atoms with Crippen LogP contribution in [0.2, 0.25) is 0 Å². The third-order valence-corrected chi connectivity index (χ3v) is 10.2. The van der Waals surface area contributed by atoms with Crippen molar-refractivity contribution in [3.05, 3.63) is 35.5 Å². The van der Waals surface area contributed by atoms with Crippen LogP contribution in [0.5, 0.6) is 0 Å². The molecule has 1 heterocycles. The molecule has 0 aromatic rings. The normalized spacial score (nSPS) is 36.4. The molecule has 3 aliphatic carbocycles. The van der Waals surface area contributed by atoms with Gasteiger partial charge in [-0.2, -0.15) is 0 Å². The van der Waals surface area contributed by atoms with Crippen molar-refractivity contribution in [2.24, 2.45) is 28.6 Å². The molecule has 194 valence electrons. The van der Waals surface area contributed by atoms with Gasteiger partial charge in [-0.25, -0.2) is 0 Å². The van der Waals surface area contributed by atoms with Crippen molar-refractivity contribution >= 4 is 23.2 Å². The van der Waals surface area contributed by atoms with Gasteiger partial charge in [0.15, 0.2) is 12.1 Å². The van der Waals surface area contributed by atoms with Crippen molar-refractivity contribution < 1.29 is 19.1 Å². The van der Waals surface area contributed by atoms with Gasteiger partial charge in [0.05, 0.1) is 13.2 Å². The van der Waals surface area contributed by atoms with Crippen LogP contribution < -0.4 is 0 Å². The first-order valence-electron chi connectivity index (χ1n) is 13.5. The molecule has 0 amide bonds. The summed E-state index contributed by atoms with van der Waals surface area (Å²) in [5.41, 5.74) is 3.75. The first-order chi connectivity index (χ1) is 16.6. The Morgan fingerprint density at radius 2 is 1.83 bits per heavy atom. The van der Waals surface area contributed by atoms with E-state index in [1.807, 2.05) is 0 Å². The molecular formula is C30H43ClO4. The summed E-state index contributed by atoms with van der Waals surface area (Å²) in [6, 6.07) is 0. The first-order valence-corrected chi connectivity index (χ1v) is 14.1. The molecule has 0 spiro atoms. The van der Waals surface area contributed by atoms with Gasteiger partial charge in [-0.15, -0.1) is 11.6 Å². The number of alkyl halides is 1. The van der Waals surface area contributed by atoms with Gasteiger partial charge in [-0.1, -0.05) is 36.8 Å². The van der Waals surface area contributed by atoms with E-state index in [4.69, 9.17) is 21.1 Å². The minimum absolute atomic E-state index is 0.0570. The lowest BCUT2D eigenvalue weighted by atomic mass is 9.63. The van der Waals surface area contributed by atoms with E-state index in [-0.39, 0.29) is 40.5 Å². The Bertz CT molecular complexity index is 913. The maximum atomic E-state index is 13.7. The summed E-state index contributed by atoms with van der Waals surface area (Å²) in [5.74, 6) is 1.16. The molecule has 1 aliphatic heterocycles. The quantitative estimate of drug-likeness (QED) is 0.265. The van der Waals surface area contributed by atoms with Gasteiger partial charge in [0.2, 0.25) is 0 Å². The minimum atomic E-state index is -0.292. The van der Waals surface area contributed by atoms with E-state index in [0.29, 0.717) is 24.6 Å². The summed E-state index contributed by atoms with van der Waals surface area (Å²) >= 11 is 6.27. The highest BCUT2D eigenvalue weighted by atomic mass is 35.5. The van der Waals surface area contributed by atoms with Crippen molar-refractivity contribution in [1.29, 1.82) is 0 Å². The number of fused-ring (bicyclic) bond motifs is 1.